The number of hydrogen-bond donors (Lipinski definition) is 1. The Balaban J connectivity index is 3.19. The third-order valence-electron chi connectivity index (χ3n) is 1.79. The van der Waals surface area contributed by atoms with Crippen LogP contribution in [-0.4, -0.2) is 0 Å². The molecule has 0 N–H and O–H groups in total. The van der Waals surface area contributed by atoms with Gasteiger partial charge in [0.15, 0.2) is 0 Å². The quantitative estimate of drug-likeness (QED) is 0.668. The first-order valence-electron chi connectivity index (χ1n) is 3.72. The van der Waals surface area contributed by atoms with E-state index in [1.165, 1.54) is 13.0 Å². The monoisotopic (exact) mass is 206 g/mol. The van der Waals surface area contributed by atoms with Crippen LogP contribution in [0.25, 0.3) is 0 Å². The third kappa shape index (κ3) is 2.40. The van der Waals surface area contributed by atoms with Gasteiger partial charge in [-0.3, -0.25) is 0 Å². The summed E-state index contributed by atoms with van der Waals surface area (Å²) in [6, 6.07) is 4.26. The van der Waals surface area contributed by atoms with Crippen molar-refractivity contribution in [3.8, 4) is 0 Å². The van der Waals surface area contributed by atoms with E-state index < -0.39 is 11.7 Å². The van der Waals surface area contributed by atoms with Crippen LogP contribution in [-0.2, 0) is 11.9 Å². The summed E-state index contributed by atoms with van der Waals surface area (Å²) in [5.41, 5.74) is 0.262. The topological polar surface area (TPSA) is 0 Å². The van der Waals surface area contributed by atoms with Crippen molar-refractivity contribution in [2.24, 2.45) is 0 Å². The molecule has 0 amide bonds. The van der Waals surface area contributed by atoms with E-state index in [0.29, 0.717) is 11.3 Å². The molecule has 0 atom stereocenters. The minimum atomic E-state index is -4.26. The smallest absolute Gasteiger partial charge is 0.175 e. The molecule has 0 bridgehead atoms. The Labute approximate surface area is 80.2 Å². The van der Waals surface area contributed by atoms with Crippen LogP contribution in [0, 0.1) is 6.92 Å². The van der Waals surface area contributed by atoms with Crippen LogP contribution in [0.1, 0.15) is 16.7 Å². The molecule has 1 aromatic carbocycles. The first kappa shape index (κ1) is 10.4. The second-order valence-corrected chi connectivity index (χ2v) is 3.12. The minimum absolute atomic E-state index is 0.248. The number of hydrogen-bond acceptors (Lipinski definition) is 1. The molecule has 0 aliphatic carbocycles. The molecule has 13 heavy (non-hydrogen) atoms. The molecule has 0 fully saturated rings. The van der Waals surface area contributed by atoms with E-state index in [4.69, 9.17) is 0 Å². The van der Waals surface area contributed by atoms with Crippen LogP contribution in [0.5, 0.6) is 0 Å². The average molecular weight is 206 g/mol. The Kier molecular flexibility index (Phi) is 2.91. The summed E-state index contributed by atoms with van der Waals surface area (Å²) in [4.78, 5) is 0. The van der Waals surface area contributed by atoms with Crippen LogP contribution >= 0.6 is 12.6 Å². The number of alkyl halides is 3. The number of thiol groups is 1. The van der Waals surface area contributed by atoms with Crippen molar-refractivity contribution in [1.29, 1.82) is 0 Å². The lowest BCUT2D eigenvalue weighted by atomic mass is 10.1. The largest absolute Gasteiger partial charge is 0.416 e. The van der Waals surface area contributed by atoms with Crippen molar-refractivity contribution >= 4 is 12.6 Å². The summed E-state index contributed by atoms with van der Waals surface area (Å²) < 4.78 is 37.0. The van der Waals surface area contributed by atoms with Crippen LogP contribution in [0.2, 0.25) is 0 Å². The third-order valence-corrected chi connectivity index (χ3v) is 2.16. The Bertz CT molecular complexity index is 304. The summed E-state index contributed by atoms with van der Waals surface area (Å²) >= 11 is 3.92. The predicted molar refractivity (Wildman–Crippen MR) is 48.9 cm³/mol. The zero-order valence-electron chi connectivity index (χ0n) is 7.02. The summed E-state index contributed by atoms with van der Waals surface area (Å²) in [6.45, 7) is 1.45. The molecule has 0 nitrogen and oxygen atoms in total. The lowest BCUT2D eigenvalue weighted by Crippen LogP contribution is -2.07. The highest BCUT2D eigenvalue weighted by atomic mass is 32.1. The maximum atomic E-state index is 12.3. The van der Waals surface area contributed by atoms with E-state index in [0.717, 1.165) is 6.07 Å². The van der Waals surface area contributed by atoms with E-state index in [2.05, 4.69) is 12.6 Å². The zero-order valence-corrected chi connectivity index (χ0v) is 7.91. The normalized spacial score (nSPS) is 11.8. The molecule has 1 rings (SSSR count). The molecule has 1 aromatic rings. The minimum Gasteiger partial charge on any atom is -0.175 e. The number of benzene rings is 1. The maximum Gasteiger partial charge on any atom is 0.416 e. The van der Waals surface area contributed by atoms with E-state index in [1.54, 1.807) is 6.07 Å². The van der Waals surface area contributed by atoms with Gasteiger partial charge in [-0.05, 0) is 24.1 Å². The van der Waals surface area contributed by atoms with Crippen molar-refractivity contribution in [2.75, 3.05) is 0 Å². The Hall–Kier alpha value is -0.640. The van der Waals surface area contributed by atoms with E-state index >= 15 is 0 Å². The van der Waals surface area contributed by atoms with Gasteiger partial charge in [0.2, 0.25) is 0 Å². The number of rotatable bonds is 1. The second kappa shape index (κ2) is 3.62. The summed E-state index contributed by atoms with van der Waals surface area (Å²) in [6.07, 6.45) is -4.26. The van der Waals surface area contributed by atoms with Crippen LogP contribution < -0.4 is 0 Å². The number of aryl methyl sites for hydroxylation is 1. The molecule has 0 spiro atoms. The van der Waals surface area contributed by atoms with Gasteiger partial charge in [-0.25, -0.2) is 0 Å². The van der Waals surface area contributed by atoms with Crippen molar-refractivity contribution in [2.45, 2.75) is 18.9 Å². The van der Waals surface area contributed by atoms with Gasteiger partial charge < -0.3 is 0 Å². The highest BCUT2D eigenvalue weighted by Crippen LogP contribution is 2.32. The van der Waals surface area contributed by atoms with Gasteiger partial charge in [0, 0.05) is 5.75 Å². The Morgan fingerprint density at radius 2 is 1.92 bits per heavy atom. The SMILES string of the molecule is Cc1ccc(CS)cc1C(F)(F)F. The summed E-state index contributed by atoms with van der Waals surface area (Å²) in [7, 11) is 0. The van der Waals surface area contributed by atoms with Gasteiger partial charge >= 0.3 is 6.18 Å². The molecule has 0 aromatic heterocycles. The molecule has 0 heterocycles. The van der Waals surface area contributed by atoms with Crippen molar-refractivity contribution in [1.82, 2.24) is 0 Å². The van der Waals surface area contributed by atoms with E-state index in [9.17, 15) is 13.2 Å². The summed E-state index contributed by atoms with van der Waals surface area (Å²) in [5, 5.41) is 0. The van der Waals surface area contributed by atoms with Gasteiger partial charge in [-0.15, -0.1) is 0 Å². The Morgan fingerprint density at radius 1 is 1.31 bits per heavy atom. The fraction of sp³-hybridized carbons (Fsp3) is 0.333. The predicted octanol–water partition coefficient (Wildman–Crippen LogP) is 3.44. The van der Waals surface area contributed by atoms with E-state index in [1.807, 2.05) is 0 Å². The standard InChI is InChI=1S/C9H9F3S/c1-6-2-3-7(5-13)4-8(6)9(10,11)12/h2-4,13H,5H2,1H3. The molecular weight excluding hydrogens is 197 g/mol. The van der Waals surface area contributed by atoms with Crippen molar-refractivity contribution < 1.29 is 13.2 Å². The van der Waals surface area contributed by atoms with Gasteiger partial charge in [-0.2, -0.15) is 25.8 Å². The van der Waals surface area contributed by atoms with Gasteiger partial charge in [0.25, 0.3) is 0 Å². The highest BCUT2D eigenvalue weighted by Gasteiger charge is 2.32. The maximum absolute atomic E-state index is 12.3. The highest BCUT2D eigenvalue weighted by molar-refractivity contribution is 7.79. The average Bonchev–Trinajstić information content (AvgIpc) is 2.03. The first-order chi connectivity index (χ1) is 5.95. The van der Waals surface area contributed by atoms with Gasteiger partial charge in [0.1, 0.15) is 0 Å². The fourth-order valence-electron chi connectivity index (χ4n) is 1.07. The lowest BCUT2D eigenvalue weighted by molar-refractivity contribution is -0.138. The van der Waals surface area contributed by atoms with Gasteiger partial charge in [0.05, 0.1) is 5.56 Å². The van der Waals surface area contributed by atoms with Crippen LogP contribution in [0.3, 0.4) is 0 Å². The molecule has 0 saturated carbocycles. The molecular formula is C9H9F3S. The van der Waals surface area contributed by atoms with Crippen LogP contribution in [0.4, 0.5) is 13.2 Å². The number of halogens is 3. The van der Waals surface area contributed by atoms with Crippen LogP contribution in [0.15, 0.2) is 18.2 Å². The molecule has 4 heteroatoms. The van der Waals surface area contributed by atoms with Crippen molar-refractivity contribution in [3.63, 3.8) is 0 Å². The molecule has 0 saturated heterocycles. The summed E-state index contributed by atoms with van der Waals surface area (Å²) in [5.74, 6) is 0.323. The Morgan fingerprint density at radius 3 is 2.38 bits per heavy atom. The molecule has 0 aliphatic heterocycles. The molecule has 0 radical (unpaired) electrons. The van der Waals surface area contributed by atoms with Crippen molar-refractivity contribution in [3.05, 3.63) is 34.9 Å². The molecule has 0 aliphatic rings. The van der Waals surface area contributed by atoms with E-state index in [-0.39, 0.29) is 5.56 Å². The molecule has 0 unspecified atom stereocenters. The zero-order chi connectivity index (χ0) is 10.1. The second-order valence-electron chi connectivity index (χ2n) is 2.81. The fourth-order valence-corrected chi connectivity index (χ4v) is 1.27. The first-order valence-corrected chi connectivity index (χ1v) is 4.36. The lowest BCUT2D eigenvalue weighted by Gasteiger charge is -2.10. The van der Waals surface area contributed by atoms with Gasteiger partial charge in [-0.1, -0.05) is 12.1 Å². The molecule has 72 valence electrons.